The van der Waals surface area contributed by atoms with Crippen molar-refractivity contribution in [3.05, 3.63) is 34.3 Å². The third kappa shape index (κ3) is 2.96. The minimum atomic E-state index is 0.0699. The second-order valence-corrected chi connectivity index (χ2v) is 6.20. The lowest BCUT2D eigenvalue weighted by atomic mass is 10.0. The Morgan fingerprint density at radius 1 is 1.37 bits per heavy atom. The van der Waals surface area contributed by atoms with Crippen LogP contribution in [0.5, 0.6) is 0 Å². The number of amidine groups is 1. The SMILES string of the molecule is CCc1nnc(Sc2cccs2)c(C(=N)N)c1CC. The molecule has 4 nitrogen and oxygen atoms in total. The van der Waals surface area contributed by atoms with Gasteiger partial charge in [-0.25, -0.2) is 0 Å². The van der Waals surface area contributed by atoms with Gasteiger partial charge in [0.05, 0.1) is 15.5 Å². The molecule has 0 unspecified atom stereocenters. The maximum atomic E-state index is 7.82. The van der Waals surface area contributed by atoms with Gasteiger partial charge in [0.2, 0.25) is 0 Å². The van der Waals surface area contributed by atoms with Gasteiger partial charge in [0, 0.05) is 0 Å². The molecule has 0 fully saturated rings. The van der Waals surface area contributed by atoms with Gasteiger partial charge < -0.3 is 5.73 Å². The number of aryl methyl sites for hydroxylation is 1. The van der Waals surface area contributed by atoms with Gasteiger partial charge in [0.25, 0.3) is 0 Å². The molecular formula is C13H16N4S2. The van der Waals surface area contributed by atoms with Crippen molar-refractivity contribution in [1.29, 1.82) is 5.41 Å². The van der Waals surface area contributed by atoms with E-state index < -0.39 is 0 Å². The number of nitrogen functional groups attached to an aromatic ring is 1. The molecule has 0 aromatic carbocycles. The normalized spacial score (nSPS) is 10.6. The second kappa shape index (κ2) is 6.16. The van der Waals surface area contributed by atoms with Crippen molar-refractivity contribution in [2.45, 2.75) is 35.9 Å². The average molecular weight is 292 g/mol. The van der Waals surface area contributed by atoms with Gasteiger partial charge in [-0.3, -0.25) is 5.41 Å². The van der Waals surface area contributed by atoms with Gasteiger partial charge in [-0.1, -0.05) is 31.7 Å². The molecule has 0 saturated heterocycles. The van der Waals surface area contributed by atoms with E-state index in [9.17, 15) is 0 Å². The van der Waals surface area contributed by atoms with E-state index in [1.165, 1.54) is 11.8 Å². The van der Waals surface area contributed by atoms with E-state index in [-0.39, 0.29) is 5.84 Å². The van der Waals surface area contributed by atoms with Crippen LogP contribution in [0.15, 0.2) is 26.7 Å². The molecule has 0 aliphatic heterocycles. The monoisotopic (exact) mass is 292 g/mol. The predicted molar refractivity (Wildman–Crippen MR) is 80.2 cm³/mol. The van der Waals surface area contributed by atoms with Crippen molar-refractivity contribution in [2.75, 3.05) is 0 Å². The fraction of sp³-hybridized carbons (Fsp3) is 0.308. The fourth-order valence-electron chi connectivity index (χ4n) is 1.92. The standard InChI is InChI=1S/C13H16N4S2/c1-3-8-9(4-2)16-17-13(11(8)12(14)15)19-10-6-5-7-18-10/h5-7H,3-4H2,1-2H3,(H3,14,15). The largest absolute Gasteiger partial charge is 0.384 e. The molecule has 19 heavy (non-hydrogen) atoms. The Morgan fingerprint density at radius 3 is 2.68 bits per heavy atom. The molecule has 2 rings (SSSR count). The molecule has 2 aromatic rings. The third-order valence-electron chi connectivity index (χ3n) is 2.78. The molecule has 0 aliphatic carbocycles. The van der Waals surface area contributed by atoms with E-state index in [2.05, 4.69) is 17.1 Å². The maximum absolute atomic E-state index is 7.82. The van der Waals surface area contributed by atoms with E-state index in [1.54, 1.807) is 11.3 Å². The smallest absolute Gasteiger partial charge is 0.136 e. The molecule has 0 radical (unpaired) electrons. The number of aromatic nitrogens is 2. The number of nitrogens with one attached hydrogen (secondary N) is 1. The van der Waals surface area contributed by atoms with Gasteiger partial charge in [0.15, 0.2) is 0 Å². The summed E-state index contributed by atoms with van der Waals surface area (Å²) in [7, 11) is 0. The molecule has 0 saturated carbocycles. The van der Waals surface area contributed by atoms with Gasteiger partial charge >= 0.3 is 0 Å². The Kier molecular flexibility index (Phi) is 4.55. The molecule has 100 valence electrons. The summed E-state index contributed by atoms with van der Waals surface area (Å²) in [6.45, 7) is 4.10. The first kappa shape index (κ1) is 14.0. The molecule has 2 heterocycles. The lowest BCUT2D eigenvalue weighted by molar-refractivity contribution is 0.819. The maximum Gasteiger partial charge on any atom is 0.136 e. The van der Waals surface area contributed by atoms with Crippen molar-refractivity contribution in [3.63, 3.8) is 0 Å². The zero-order chi connectivity index (χ0) is 13.8. The summed E-state index contributed by atoms with van der Waals surface area (Å²) in [5.74, 6) is 0.0699. The van der Waals surface area contributed by atoms with Crippen molar-refractivity contribution >= 4 is 28.9 Å². The predicted octanol–water partition coefficient (Wildman–Crippen LogP) is 3.10. The van der Waals surface area contributed by atoms with Crippen molar-refractivity contribution < 1.29 is 0 Å². The number of hydrogen-bond donors (Lipinski definition) is 2. The van der Waals surface area contributed by atoms with Crippen molar-refractivity contribution in [1.82, 2.24) is 10.2 Å². The third-order valence-corrected chi connectivity index (χ3v) is 4.79. The average Bonchev–Trinajstić information content (AvgIpc) is 2.90. The second-order valence-electron chi connectivity index (χ2n) is 3.96. The van der Waals surface area contributed by atoms with Crippen LogP contribution >= 0.6 is 23.1 Å². The van der Waals surface area contributed by atoms with Crippen molar-refractivity contribution in [2.24, 2.45) is 5.73 Å². The molecule has 0 aliphatic rings. The number of nitrogens with zero attached hydrogens (tertiary/aromatic N) is 2. The van der Waals surface area contributed by atoms with Crippen LogP contribution < -0.4 is 5.73 Å². The number of thiophene rings is 1. The van der Waals surface area contributed by atoms with E-state index in [0.717, 1.165) is 38.9 Å². The topological polar surface area (TPSA) is 75.7 Å². The summed E-state index contributed by atoms with van der Waals surface area (Å²) in [4.78, 5) is 0. The highest BCUT2D eigenvalue weighted by atomic mass is 32.2. The molecule has 0 atom stereocenters. The number of rotatable bonds is 5. The summed E-state index contributed by atoms with van der Waals surface area (Å²) in [6, 6.07) is 4.02. The van der Waals surface area contributed by atoms with Gasteiger partial charge in [-0.15, -0.1) is 16.4 Å². The number of nitrogens with two attached hydrogens (primary N) is 1. The molecule has 0 amide bonds. The van der Waals surface area contributed by atoms with Crippen LogP contribution in [-0.2, 0) is 12.8 Å². The molecule has 3 N–H and O–H groups in total. The molecule has 2 aromatic heterocycles. The van der Waals surface area contributed by atoms with Gasteiger partial charge in [0.1, 0.15) is 10.9 Å². The van der Waals surface area contributed by atoms with E-state index >= 15 is 0 Å². The minimum Gasteiger partial charge on any atom is -0.384 e. The molecule has 0 bridgehead atoms. The van der Waals surface area contributed by atoms with E-state index in [1.807, 2.05) is 24.4 Å². The molecular weight excluding hydrogens is 276 g/mol. The lowest BCUT2D eigenvalue weighted by Crippen LogP contribution is -2.18. The van der Waals surface area contributed by atoms with Gasteiger partial charge in [-0.05, 0) is 29.9 Å². The van der Waals surface area contributed by atoms with E-state index in [0.29, 0.717) is 0 Å². The van der Waals surface area contributed by atoms with Crippen LogP contribution in [0, 0.1) is 5.41 Å². The van der Waals surface area contributed by atoms with Crippen LogP contribution in [0.3, 0.4) is 0 Å². The highest BCUT2D eigenvalue weighted by Crippen LogP contribution is 2.33. The Bertz CT molecular complexity index is 579. The lowest BCUT2D eigenvalue weighted by Gasteiger charge is -2.13. The summed E-state index contributed by atoms with van der Waals surface area (Å²) in [5.41, 5.74) is 8.47. The van der Waals surface area contributed by atoms with E-state index in [4.69, 9.17) is 11.1 Å². The van der Waals surface area contributed by atoms with Gasteiger partial charge in [-0.2, -0.15) is 5.10 Å². The summed E-state index contributed by atoms with van der Waals surface area (Å²) >= 11 is 3.17. The minimum absolute atomic E-state index is 0.0699. The van der Waals surface area contributed by atoms with Crippen LogP contribution in [0.2, 0.25) is 0 Å². The van der Waals surface area contributed by atoms with Crippen LogP contribution in [0.4, 0.5) is 0 Å². The summed E-state index contributed by atoms with van der Waals surface area (Å²) < 4.78 is 1.13. The molecule has 0 spiro atoms. The van der Waals surface area contributed by atoms with Crippen LogP contribution in [0.1, 0.15) is 30.7 Å². The summed E-state index contributed by atoms with van der Waals surface area (Å²) in [6.07, 6.45) is 1.62. The Labute approximate surface area is 121 Å². The van der Waals surface area contributed by atoms with Crippen molar-refractivity contribution in [3.8, 4) is 0 Å². The first-order chi connectivity index (χ1) is 9.17. The quantitative estimate of drug-likeness (QED) is 0.656. The number of hydrogen-bond acceptors (Lipinski definition) is 5. The fourth-order valence-corrected chi connectivity index (χ4v) is 3.72. The Balaban J connectivity index is 2.51. The summed E-state index contributed by atoms with van der Waals surface area (Å²) in [5, 5.41) is 19.1. The highest BCUT2D eigenvalue weighted by Gasteiger charge is 2.17. The Hall–Kier alpha value is -1.40. The Morgan fingerprint density at radius 2 is 2.16 bits per heavy atom. The first-order valence-electron chi connectivity index (χ1n) is 6.11. The zero-order valence-electron chi connectivity index (χ0n) is 10.9. The van der Waals surface area contributed by atoms with Crippen LogP contribution in [0.25, 0.3) is 0 Å². The zero-order valence-corrected chi connectivity index (χ0v) is 12.6. The highest BCUT2D eigenvalue weighted by molar-refractivity contribution is 8.01. The first-order valence-corrected chi connectivity index (χ1v) is 7.81. The van der Waals surface area contributed by atoms with Crippen LogP contribution in [-0.4, -0.2) is 16.0 Å². The molecule has 6 heteroatoms.